The number of nitrogens with zero attached hydrogens (tertiary/aromatic N) is 10. The van der Waals surface area contributed by atoms with Gasteiger partial charge in [0.15, 0.2) is 0 Å². The summed E-state index contributed by atoms with van der Waals surface area (Å²) in [6.07, 6.45) is 0. The zero-order valence-electron chi connectivity index (χ0n) is 21.9. The van der Waals surface area contributed by atoms with Crippen molar-refractivity contribution in [2.75, 3.05) is 113 Å². The van der Waals surface area contributed by atoms with Gasteiger partial charge >= 0.3 is 182 Å². The van der Waals surface area contributed by atoms with E-state index in [1.807, 2.05) is 0 Å². The van der Waals surface area contributed by atoms with Crippen molar-refractivity contribution >= 4 is 22.9 Å². The molecule has 13 heteroatoms. The van der Waals surface area contributed by atoms with Crippen LogP contribution in [0.5, 0.6) is 0 Å². The van der Waals surface area contributed by atoms with Crippen molar-refractivity contribution in [3.8, 4) is 0 Å². The van der Waals surface area contributed by atoms with E-state index in [9.17, 15) is 0 Å². The molecule has 0 aliphatic carbocycles. The van der Waals surface area contributed by atoms with Crippen LogP contribution in [0.25, 0.3) is 0 Å². The molecule has 0 saturated heterocycles. The number of hydrogen-bond donors (Lipinski definition) is 0. The standard InChI is InChI=1S/C16H49N10P3/c1-19(2)27(20(3)4,17-28(21(5)6,22(7)8)23(9)10)18-29(24(11)12,25(13)14)26(15)16/h27H,1-16H3. The molecule has 0 aliphatic heterocycles. The predicted octanol–water partition coefficient (Wildman–Crippen LogP) is 2.78. The molecule has 0 unspecified atom stereocenters. The molecule has 0 N–H and O–H groups in total. The maximum absolute atomic E-state index is 5.73. The Labute approximate surface area is 182 Å². The van der Waals surface area contributed by atoms with Crippen molar-refractivity contribution in [3.05, 3.63) is 0 Å². The third-order valence-corrected chi connectivity index (χ3v) is 18.1. The van der Waals surface area contributed by atoms with E-state index in [4.69, 9.17) is 9.03 Å². The Hall–Kier alpha value is 0.570. The normalized spacial score (nSPS) is 15.2. The van der Waals surface area contributed by atoms with E-state index >= 15 is 0 Å². The molecule has 29 heavy (non-hydrogen) atoms. The molecule has 0 aromatic carbocycles. The van der Waals surface area contributed by atoms with Crippen LogP contribution < -0.4 is 0 Å². The van der Waals surface area contributed by atoms with Crippen LogP contribution in [0.2, 0.25) is 0 Å². The van der Waals surface area contributed by atoms with E-state index in [1.54, 1.807) is 0 Å². The number of rotatable bonds is 10. The third kappa shape index (κ3) is 5.50. The zero-order valence-corrected chi connectivity index (χ0v) is 24.7. The SMILES string of the molecule is CN(C)P(=N[PH](N=P(N(C)C)(N(C)C)N(C)C)(N(C)C)N(C)C)(N(C)C)N(C)C. The van der Waals surface area contributed by atoms with Gasteiger partial charge in [0.2, 0.25) is 0 Å². The summed E-state index contributed by atoms with van der Waals surface area (Å²) in [6.45, 7) is 0. The summed E-state index contributed by atoms with van der Waals surface area (Å²) < 4.78 is 29.5. The Kier molecular flexibility index (Phi) is 11.1. The molecule has 0 atom stereocenters. The van der Waals surface area contributed by atoms with Crippen LogP contribution in [0.4, 0.5) is 0 Å². The topological polar surface area (TPSA) is 50.6 Å². The molecule has 0 heterocycles. The van der Waals surface area contributed by atoms with E-state index < -0.39 is 22.9 Å². The molecule has 0 saturated carbocycles. The van der Waals surface area contributed by atoms with E-state index in [0.717, 1.165) is 0 Å². The van der Waals surface area contributed by atoms with Crippen LogP contribution >= 0.6 is 22.9 Å². The summed E-state index contributed by atoms with van der Waals surface area (Å²) in [6, 6.07) is 0. The van der Waals surface area contributed by atoms with E-state index in [2.05, 4.69) is 150 Å². The molecule has 0 aromatic rings. The first-order valence-corrected chi connectivity index (χ1v) is 14.6. The summed E-state index contributed by atoms with van der Waals surface area (Å²) in [4.78, 5) is 0. The van der Waals surface area contributed by atoms with Crippen molar-refractivity contribution in [1.29, 1.82) is 0 Å². The van der Waals surface area contributed by atoms with Crippen molar-refractivity contribution in [1.82, 2.24) is 37.4 Å². The molecule has 0 amide bonds. The van der Waals surface area contributed by atoms with Gasteiger partial charge in [0, 0.05) is 0 Å². The summed E-state index contributed by atoms with van der Waals surface area (Å²) >= 11 is 0. The van der Waals surface area contributed by atoms with Gasteiger partial charge in [-0.3, -0.25) is 0 Å². The van der Waals surface area contributed by atoms with Gasteiger partial charge in [-0.2, -0.15) is 0 Å². The van der Waals surface area contributed by atoms with E-state index in [1.165, 1.54) is 0 Å². The van der Waals surface area contributed by atoms with Gasteiger partial charge in [-0.05, 0) is 0 Å². The second-order valence-electron chi connectivity index (χ2n) is 8.75. The third-order valence-electron chi connectivity index (χ3n) is 4.96. The Morgan fingerprint density at radius 2 is 0.552 bits per heavy atom. The first-order chi connectivity index (χ1) is 13.0. The Morgan fingerprint density at radius 3 is 0.655 bits per heavy atom. The van der Waals surface area contributed by atoms with Gasteiger partial charge in [0.1, 0.15) is 0 Å². The fraction of sp³-hybridized carbons (Fsp3) is 1.00. The molecule has 0 aromatic heterocycles. The van der Waals surface area contributed by atoms with Crippen LogP contribution in [-0.4, -0.2) is 150 Å². The van der Waals surface area contributed by atoms with Crippen LogP contribution in [0.3, 0.4) is 0 Å². The summed E-state index contributed by atoms with van der Waals surface area (Å²) in [7, 11) is 26.8. The average molecular weight is 475 g/mol. The van der Waals surface area contributed by atoms with Crippen molar-refractivity contribution in [2.24, 2.45) is 9.03 Å². The summed E-state index contributed by atoms with van der Waals surface area (Å²) in [5.41, 5.74) is 0. The Balaban J connectivity index is 7.75. The van der Waals surface area contributed by atoms with Gasteiger partial charge < -0.3 is 0 Å². The fourth-order valence-corrected chi connectivity index (χ4v) is 19.5. The summed E-state index contributed by atoms with van der Waals surface area (Å²) in [5, 5.41) is 0. The molecule has 0 fully saturated rings. The van der Waals surface area contributed by atoms with Crippen LogP contribution in [0.15, 0.2) is 9.03 Å². The number of hydrogen-bond acceptors (Lipinski definition) is 4. The van der Waals surface area contributed by atoms with Gasteiger partial charge in [-0.1, -0.05) is 0 Å². The van der Waals surface area contributed by atoms with Crippen LogP contribution in [-0.2, 0) is 0 Å². The molecule has 0 spiro atoms. The van der Waals surface area contributed by atoms with Gasteiger partial charge in [0.05, 0.1) is 0 Å². The molecule has 0 rings (SSSR count). The second-order valence-corrected chi connectivity index (χ2v) is 20.3. The molecular weight excluding hydrogens is 425 g/mol. The monoisotopic (exact) mass is 474 g/mol. The van der Waals surface area contributed by atoms with Gasteiger partial charge in [-0.15, -0.1) is 0 Å². The molecule has 0 aliphatic rings. The molecule has 0 bridgehead atoms. The predicted molar refractivity (Wildman–Crippen MR) is 137 cm³/mol. The van der Waals surface area contributed by atoms with Gasteiger partial charge in [0.25, 0.3) is 0 Å². The van der Waals surface area contributed by atoms with Crippen molar-refractivity contribution in [3.63, 3.8) is 0 Å². The van der Waals surface area contributed by atoms with E-state index in [-0.39, 0.29) is 0 Å². The molecule has 178 valence electrons. The first kappa shape index (κ1) is 29.6. The molecule has 10 nitrogen and oxygen atoms in total. The average Bonchev–Trinajstić information content (AvgIpc) is 2.52. The molecule has 0 radical (unpaired) electrons. The van der Waals surface area contributed by atoms with Crippen molar-refractivity contribution in [2.45, 2.75) is 0 Å². The van der Waals surface area contributed by atoms with Crippen LogP contribution in [0.1, 0.15) is 0 Å². The molecular formula is C16H49N10P3. The summed E-state index contributed by atoms with van der Waals surface area (Å²) in [5.74, 6) is 0. The minimum absolute atomic E-state index is 2.12. The minimum atomic E-state index is -2.83. The quantitative estimate of drug-likeness (QED) is 0.448. The van der Waals surface area contributed by atoms with Crippen molar-refractivity contribution < 1.29 is 0 Å². The Morgan fingerprint density at radius 1 is 0.379 bits per heavy atom. The fourth-order valence-electron chi connectivity index (χ4n) is 3.82. The van der Waals surface area contributed by atoms with Gasteiger partial charge in [-0.25, -0.2) is 0 Å². The maximum atomic E-state index is 5.73. The van der Waals surface area contributed by atoms with Crippen LogP contribution in [0, 0.1) is 0 Å². The van der Waals surface area contributed by atoms with E-state index in [0.29, 0.717) is 0 Å². The zero-order chi connectivity index (χ0) is 23.5. The second kappa shape index (κ2) is 10.9. The Bertz CT molecular complexity index is 515. The first-order valence-electron chi connectivity index (χ1n) is 9.65.